The largest absolute Gasteiger partial charge is 0.303 e. The molecule has 60 valence electrons. The van der Waals surface area contributed by atoms with Gasteiger partial charge >= 0.3 is 0 Å². The van der Waals surface area contributed by atoms with Crippen LogP contribution >= 0.6 is 0 Å². The molecule has 0 aliphatic carbocycles. The van der Waals surface area contributed by atoms with Gasteiger partial charge in [0.25, 0.3) is 0 Å². The van der Waals surface area contributed by atoms with Crippen molar-refractivity contribution in [2.45, 2.75) is 6.42 Å². The van der Waals surface area contributed by atoms with Crippen molar-refractivity contribution in [2.24, 2.45) is 0 Å². The van der Waals surface area contributed by atoms with Gasteiger partial charge in [0.15, 0.2) is 5.65 Å². The van der Waals surface area contributed by atoms with Crippen LogP contribution in [0.3, 0.4) is 0 Å². The summed E-state index contributed by atoms with van der Waals surface area (Å²) < 4.78 is 1.79. The van der Waals surface area contributed by atoms with E-state index in [4.69, 9.17) is 0 Å². The molecule has 0 amide bonds. The lowest BCUT2D eigenvalue weighted by Gasteiger charge is -1.95. The third-order valence-corrected chi connectivity index (χ3v) is 1.67. The Balaban J connectivity index is 2.52. The Morgan fingerprint density at radius 3 is 3.25 bits per heavy atom. The Kier molecular flexibility index (Phi) is 1.59. The highest BCUT2D eigenvalue weighted by atomic mass is 16.1. The van der Waals surface area contributed by atoms with Gasteiger partial charge in [0.2, 0.25) is 0 Å². The first-order valence-electron chi connectivity index (χ1n) is 3.62. The van der Waals surface area contributed by atoms with Crippen molar-refractivity contribution in [3.8, 4) is 0 Å². The molecule has 4 nitrogen and oxygen atoms in total. The van der Waals surface area contributed by atoms with Gasteiger partial charge in [-0.2, -0.15) is 0 Å². The summed E-state index contributed by atoms with van der Waals surface area (Å²) >= 11 is 0. The van der Waals surface area contributed by atoms with E-state index in [9.17, 15) is 4.79 Å². The quantitative estimate of drug-likeness (QED) is 0.601. The van der Waals surface area contributed by atoms with Crippen LogP contribution in [0.25, 0.3) is 5.65 Å². The number of hydrogen-bond acceptors (Lipinski definition) is 3. The van der Waals surface area contributed by atoms with Crippen molar-refractivity contribution < 1.29 is 4.79 Å². The molecule has 0 N–H and O–H groups in total. The second kappa shape index (κ2) is 2.73. The summed E-state index contributed by atoms with van der Waals surface area (Å²) in [6, 6.07) is 3.71. The van der Waals surface area contributed by atoms with Crippen LogP contribution in [-0.4, -0.2) is 20.9 Å². The maximum atomic E-state index is 10.2. The molecule has 2 aromatic rings. The molecule has 0 aliphatic rings. The summed E-state index contributed by atoms with van der Waals surface area (Å²) in [4.78, 5) is 10.2. The lowest BCUT2D eigenvalue weighted by atomic mass is 10.2. The number of aromatic nitrogens is 3. The molecule has 4 heteroatoms. The highest BCUT2D eigenvalue weighted by molar-refractivity contribution is 5.55. The highest BCUT2D eigenvalue weighted by Gasteiger charge is 1.95. The SMILES string of the molecule is O=CCc1ccc2nncn2c1. The molecule has 0 saturated carbocycles. The van der Waals surface area contributed by atoms with Gasteiger partial charge in [-0.05, 0) is 11.6 Å². The summed E-state index contributed by atoms with van der Waals surface area (Å²) in [5, 5.41) is 7.57. The second-order valence-electron chi connectivity index (χ2n) is 2.50. The highest BCUT2D eigenvalue weighted by Crippen LogP contribution is 2.02. The Labute approximate surface area is 68.8 Å². The van der Waals surface area contributed by atoms with Crippen LogP contribution in [0.1, 0.15) is 5.56 Å². The fourth-order valence-electron chi connectivity index (χ4n) is 1.09. The Morgan fingerprint density at radius 2 is 2.42 bits per heavy atom. The first kappa shape index (κ1) is 6.97. The van der Waals surface area contributed by atoms with Crippen LogP contribution in [-0.2, 0) is 11.2 Å². The molecule has 12 heavy (non-hydrogen) atoms. The van der Waals surface area contributed by atoms with E-state index in [1.54, 1.807) is 10.7 Å². The molecule has 0 bridgehead atoms. The Hall–Kier alpha value is -1.71. The van der Waals surface area contributed by atoms with Gasteiger partial charge in [0, 0.05) is 12.6 Å². The Bertz CT molecular complexity index is 407. The second-order valence-corrected chi connectivity index (χ2v) is 2.50. The minimum atomic E-state index is 0.439. The summed E-state index contributed by atoms with van der Waals surface area (Å²) in [7, 11) is 0. The number of carbonyl (C=O) groups is 1. The van der Waals surface area contributed by atoms with Gasteiger partial charge in [-0.3, -0.25) is 4.40 Å². The van der Waals surface area contributed by atoms with Crippen molar-refractivity contribution in [3.05, 3.63) is 30.2 Å². The normalized spacial score (nSPS) is 10.3. The van der Waals surface area contributed by atoms with Gasteiger partial charge in [0.05, 0.1) is 0 Å². The maximum Gasteiger partial charge on any atom is 0.160 e. The van der Waals surface area contributed by atoms with Gasteiger partial charge in [-0.15, -0.1) is 10.2 Å². The summed E-state index contributed by atoms with van der Waals surface area (Å²) in [6.07, 6.45) is 4.78. The predicted molar refractivity (Wildman–Crippen MR) is 42.8 cm³/mol. The number of hydrogen-bond donors (Lipinski definition) is 0. The molecule has 0 aliphatic heterocycles. The van der Waals surface area contributed by atoms with Gasteiger partial charge in [-0.1, -0.05) is 6.07 Å². The number of nitrogens with zero attached hydrogens (tertiary/aromatic N) is 3. The van der Waals surface area contributed by atoms with E-state index in [2.05, 4.69) is 10.2 Å². The van der Waals surface area contributed by atoms with E-state index in [-0.39, 0.29) is 0 Å². The minimum Gasteiger partial charge on any atom is -0.303 e. The zero-order valence-electron chi connectivity index (χ0n) is 6.34. The average Bonchev–Trinajstić information content (AvgIpc) is 2.51. The molecule has 0 unspecified atom stereocenters. The molecule has 0 saturated heterocycles. The van der Waals surface area contributed by atoms with Crippen LogP contribution in [0.4, 0.5) is 0 Å². The smallest absolute Gasteiger partial charge is 0.160 e. The average molecular weight is 161 g/mol. The van der Waals surface area contributed by atoms with Crippen molar-refractivity contribution in [2.75, 3.05) is 0 Å². The first-order valence-corrected chi connectivity index (χ1v) is 3.62. The van der Waals surface area contributed by atoms with E-state index in [1.807, 2.05) is 18.3 Å². The third kappa shape index (κ3) is 1.07. The van der Waals surface area contributed by atoms with Crippen molar-refractivity contribution in [1.29, 1.82) is 0 Å². The van der Waals surface area contributed by atoms with Gasteiger partial charge < -0.3 is 4.79 Å². The zero-order chi connectivity index (χ0) is 8.39. The lowest BCUT2D eigenvalue weighted by Crippen LogP contribution is -1.90. The molecule has 2 aromatic heterocycles. The monoisotopic (exact) mass is 161 g/mol. The lowest BCUT2D eigenvalue weighted by molar-refractivity contribution is -0.107. The molecule has 0 spiro atoms. The van der Waals surface area contributed by atoms with Crippen LogP contribution in [0.15, 0.2) is 24.7 Å². The molecule has 0 fully saturated rings. The van der Waals surface area contributed by atoms with E-state index in [0.717, 1.165) is 17.5 Å². The molecular formula is C8H7N3O. The van der Waals surface area contributed by atoms with Crippen LogP contribution in [0.5, 0.6) is 0 Å². The number of carbonyl (C=O) groups excluding carboxylic acids is 1. The summed E-state index contributed by atoms with van der Waals surface area (Å²) in [5.41, 5.74) is 1.77. The fraction of sp³-hybridized carbons (Fsp3) is 0.125. The summed E-state index contributed by atoms with van der Waals surface area (Å²) in [5.74, 6) is 0. The fourth-order valence-corrected chi connectivity index (χ4v) is 1.09. The van der Waals surface area contributed by atoms with Crippen LogP contribution in [0, 0.1) is 0 Å². The zero-order valence-corrected chi connectivity index (χ0v) is 6.34. The summed E-state index contributed by atoms with van der Waals surface area (Å²) in [6.45, 7) is 0. The predicted octanol–water partition coefficient (Wildman–Crippen LogP) is 0.471. The minimum absolute atomic E-state index is 0.439. The molecule has 0 radical (unpaired) electrons. The third-order valence-electron chi connectivity index (χ3n) is 1.67. The maximum absolute atomic E-state index is 10.2. The van der Waals surface area contributed by atoms with Crippen molar-refractivity contribution >= 4 is 11.9 Å². The van der Waals surface area contributed by atoms with E-state index in [1.165, 1.54) is 0 Å². The van der Waals surface area contributed by atoms with Crippen molar-refractivity contribution in [3.63, 3.8) is 0 Å². The Morgan fingerprint density at radius 1 is 1.50 bits per heavy atom. The number of aldehydes is 1. The molecule has 2 heterocycles. The number of fused-ring (bicyclic) bond motifs is 1. The van der Waals surface area contributed by atoms with Crippen LogP contribution in [0.2, 0.25) is 0 Å². The number of rotatable bonds is 2. The molecule has 0 aromatic carbocycles. The van der Waals surface area contributed by atoms with E-state index >= 15 is 0 Å². The molecular weight excluding hydrogens is 154 g/mol. The van der Waals surface area contributed by atoms with Crippen LogP contribution < -0.4 is 0 Å². The standard InChI is InChI=1S/C8H7N3O/c12-4-3-7-1-2-8-10-9-6-11(8)5-7/h1-2,4-6H,3H2. The van der Waals surface area contributed by atoms with Gasteiger partial charge in [0.1, 0.15) is 12.6 Å². The van der Waals surface area contributed by atoms with E-state index < -0.39 is 0 Å². The first-order chi connectivity index (χ1) is 5.90. The number of pyridine rings is 1. The van der Waals surface area contributed by atoms with E-state index in [0.29, 0.717) is 6.42 Å². The van der Waals surface area contributed by atoms with Crippen molar-refractivity contribution in [1.82, 2.24) is 14.6 Å². The molecule has 2 rings (SSSR count). The topological polar surface area (TPSA) is 47.3 Å². The molecule has 0 atom stereocenters. The van der Waals surface area contributed by atoms with Gasteiger partial charge in [-0.25, -0.2) is 0 Å².